The number of hydrogen-bond donors (Lipinski definition) is 1. The topological polar surface area (TPSA) is 32.3 Å². The van der Waals surface area contributed by atoms with E-state index < -0.39 is 0 Å². The van der Waals surface area contributed by atoms with E-state index in [-0.39, 0.29) is 0 Å². The number of carbonyl (C=O) groups is 1. The third kappa shape index (κ3) is 2.81. The van der Waals surface area contributed by atoms with E-state index in [2.05, 4.69) is 36.5 Å². The van der Waals surface area contributed by atoms with E-state index in [0.717, 1.165) is 38.8 Å². The van der Waals surface area contributed by atoms with Gasteiger partial charge in [-0.15, -0.1) is 0 Å². The molecule has 1 fully saturated rings. The molecule has 0 spiro atoms. The fourth-order valence-corrected chi connectivity index (χ4v) is 3.36. The Balaban J connectivity index is 1.51. The molecule has 1 unspecified atom stereocenters. The van der Waals surface area contributed by atoms with Crippen LogP contribution in [-0.2, 0) is 17.6 Å². The summed E-state index contributed by atoms with van der Waals surface area (Å²) < 4.78 is 0. The van der Waals surface area contributed by atoms with E-state index in [1.165, 1.54) is 11.1 Å². The van der Waals surface area contributed by atoms with Gasteiger partial charge < -0.3 is 10.2 Å². The molecule has 1 aliphatic heterocycles. The van der Waals surface area contributed by atoms with E-state index in [9.17, 15) is 4.79 Å². The molecule has 3 heteroatoms. The molecular weight excluding hydrogens is 236 g/mol. The van der Waals surface area contributed by atoms with Crippen molar-refractivity contribution < 1.29 is 4.79 Å². The van der Waals surface area contributed by atoms with Gasteiger partial charge in [-0.1, -0.05) is 24.3 Å². The van der Waals surface area contributed by atoms with Crippen molar-refractivity contribution in [3.05, 3.63) is 35.4 Å². The zero-order chi connectivity index (χ0) is 13.2. The summed E-state index contributed by atoms with van der Waals surface area (Å²) >= 11 is 0. The van der Waals surface area contributed by atoms with Crippen molar-refractivity contribution in [3.63, 3.8) is 0 Å². The molecule has 1 aromatic rings. The number of nitrogens with zero attached hydrogens (tertiary/aromatic N) is 1. The van der Waals surface area contributed by atoms with Crippen molar-refractivity contribution >= 4 is 5.91 Å². The van der Waals surface area contributed by atoms with E-state index in [4.69, 9.17) is 0 Å². The minimum absolute atomic E-state index is 0.323. The van der Waals surface area contributed by atoms with Crippen LogP contribution in [0, 0.1) is 0 Å². The lowest BCUT2D eigenvalue weighted by molar-refractivity contribution is -0.127. The SMILES string of the molecule is CC(CN1CCCC1=O)NC1Cc2ccccc2C1. The first-order valence-electron chi connectivity index (χ1n) is 7.33. The minimum atomic E-state index is 0.323. The highest BCUT2D eigenvalue weighted by atomic mass is 16.2. The fourth-order valence-electron chi connectivity index (χ4n) is 3.36. The zero-order valence-corrected chi connectivity index (χ0v) is 11.6. The second kappa shape index (κ2) is 5.33. The van der Waals surface area contributed by atoms with Gasteiger partial charge in [0.15, 0.2) is 0 Å². The van der Waals surface area contributed by atoms with Gasteiger partial charge in [0, 0.05) is 31.6 Å². The van der Waals surface area contributed by atoms with Gasteiger partial charge in [-0.3, -0.25) is 4.79 Å². The Bertz CT molecular complexity index is 447. The maximum Gasteiger partial charge on any atom is 0.222 e. The maximum absolute atomic E-state index is 11.6. The Morgan fingerprint density at radius 2 is 2.00 bits per heavy atom. The molecule has 0 saturated carbocycles. The number of amides is 1. The lowest BCUT2D eigenvalue weighted by Crippen LogP contribution is -2.44. The van der Waals surface area contributed by atoms with E-state index in [1.54, 1.807) is 0 Å². The highest BCUT2D eigenvalue weighted by Crippen LogP contribution is 2.22. The molecule has 3 nitrogen and oxygen atoms in total. The average Bonchev–Trinajstić information content (AvgIpc) is 2.95. The summed E-state index contributed by atoms with van der Waals surface area (Å²) in [4.78, 5) is 13.6. The predicted molar refractivity (Wildman–Crippen MR) is 76.0 cm³/mol. The fraction of sp³-hybridized carbons (Fsp3) is 0.562. The van der Waals surface area contributed by atoms with Crippen molar-refractivity contribution in [2.45, 2.75) is 44.7 Å². The quantitative estimate of drug-likeness (QED) is 0.892. The lowest BCUT2D eigenvalue weighted by Gasteiger charge is -2.24. The number of nitrogens with one attached hydrogen (secondary N) is 1. The van der Waals surface area contributed by atoms with Gasteiger partial charge in [-0.2, -0.15) is 0 Å². The molecule has 102 valence electrons. The number of benzene rings is 1. The Labute approximate surface area is 115 Å². The monoisotopic (exact) mass is 258 g/mol. The second-order valence-corrected chi connectivity index (χ2v) is 5.88. The van der Waals surface area contributed by atoms with Gasteiger partial charge in [0.1, 0.15) is 0 Å². The number of hydrogen-bond acceptors (Lipinski definition) is 2. The first kappa shape index (κ1) is 12.7. The first-order valence-corrected chi connectivity index (χ1v) is 7.33. The summed E-state index contributed by atoms with van der Waals surface area (Å²) in [6.07, 6.45) is 4.00. The van der Waals surface area contributed by atoms with Crippen LogP contribution in [0.5, 0.6) is 0 Å². The van der Waals surface area contributed by atoms with Crippen LogP contribution in [0.2, 0.25) is 0 Å². The summed E-state index contributed by atoms with van der Waals surface area (Å²) in [6, 6.07) is 9.60. The van der Waals surface area contributed by atoms with Crippen LogP contribution in [0.15, 0.2) is 24.3 Å². The van der Waals surface area contributed by atoms with E-state index >= 15 is 0 Å². The van der Waals surface area contributed by atoms with Crippen LogP contribution in [0.4, 0.5) is 0 Å². The predicted octanol–water partition coefficient (Wildman–Crippen LogP) is 1.75. The molecule has 19 heavy (non-hydrogen) atoms. The summed E-state index contributed by atoms with van der Waals surface area (Å²) in [5, 5.41) is 3.68. The molecule has 0 bridgehead atoms. The lowest BCUT2D eigenvalue weighted by atomic mass is 10.1. The third-order valence-corrected chi connectivity index (χ3v) is 4.24. The first-order chi connectivity index (χ1) is 9.22. The van der Waals surface area contributed by atoms with Gasteiger partial charge in [0.2, 0.25) is 5.91 Å². The largest absolute Gasteiger partial charge is 0.341 e. The highest BCUT2D eigenvalue weighted by Gasteiger charge is 2.25. The smallest absolute Gasteiger partial charge is 0.222 e. The van der Waals surface area contributed by atoms with Crippen molar-refractivity contribution in [2.75, 3.05) is 13.1 Å². The molecule has 1 amide bonds. The van der Waals surface area contributed by atoms with Crippen LogP contribution in [0.1, 0.15) is 30.9 Å². The van der Waals surface area contributed by atoms with Crippen molar-refractivity contribution in [3.8, 4) is 0 Å². The van der Waals surface area contributed by atoms with Crippen LogP contribution in [0.3, 0.4) is 0 Å². The van der Waals surface area contributed by atoms with Crippen molar-refractivity contribution in [2.24, 2.45) is 0 Å². The third-order valence-electron chi connectivity index (χ3n) is 4.24. The Morgan fingerprint density at radius 3 is 2.58 bits per heavy atom. The minimum Gasteiger partial charge on any atom is -0.341 e. The molecule has 1 saturated heterocycles. The Hall–Kier alpha value is -1.35. The molecule has 2 aliphatic rings. The van der Waals surface area contributed by atoms with E-state index in [1.807, 2.05) is 4.90 Å². The normalized spacial score (nSPS) is 20.9. The number of carbonyl (C=O) groups excluding carboxylic acids is 1. The van der Waals surface area contributed by atoms with E-state index in [0.29, 0.717) is 18.0 Å². The molecule has 1 aromatic carbocycles. The summed E-state index contributed by atoms with van der Waals surface area (Å²) in [6.45, 7) is 3.98. The number of rotatable bonds is 4. The molecule has 1 N–H and O–H groups in total. The second-order valence-electron chi connectivity index (χ2n) is 5.88. The van der Waals surface area contributed by atoms with Gasteiger partial charge in [0.25, 0.3) is 0 Å². The molecule has 0 aromatic heterocycles. The summed E-state index contributed by atoms with van der Waals surface area (Å²) in [5.74, 6) is 0.323. The van der Waals surface area contributed by atoms with Crippen molar-refractivity contribution in [1.29, 1.82) is 0 Å². The molecule has 1 aliphatic carbocycles. The zero-order valence-electron chi connectivity index (χ0n) is 11.6. The molecular formula is C16H22N2O. The Morgan fingerprint density at radius 1 is 1.32 bits per heavy atom. The van der Waals surface area contributed by atoms with Gasteiger partial charge in [-0.05, 0) is 37.3 Å². The van der Waals surface area contributed by atoms with Crippen molar-refractivity contribution in [1.82, 2.24) is 10.2 Å². The molecule has 3 rings (SSSR count). The van der Waals surface area contributed by atoms with Crippen LogP contribution < -0.4 is 5.32 Å². The van der Waals surface area contributed by atoms with Crippen LogP contribution >= 0.6 is 0 Å². The van der Waals surface area contributed by atoms with Gasteiger partial charge >= 0.3 is 0 Å². The average molecular weight is 258 g/mol. The van der Waals surface area contributed by atoms with Gasteiger partial charge in [0.05, 0.1) is 0 Å². The van der Waals surface area contributed by atoms with Crippen LogP contribution in [-0.4, -0.2) is 36.0 Å². The van der Waals surface area contributed by atoms with Crippen LogP contribution in [0.25, 0.3) is 0 Å². The molecule has 0 radical (unpaired) electrons. The Kier molecular flexibility index (Phi) is 3.56. The standard InChI is InChI=1S/C16H22N2O/c1-12(11-18-8-4-7-16(18)19)17-15-9-13-5-2-3-6-14(13)10-15/h2-3,5-6,12,15,17H,4,7-11H2,1H3. The summed E-state index contributed by atoms with van der Waals surface area (Å²) in [5.41, 5.74) is 2.95. The van der Waals surface area contributed by atoms with Gasteiger partial charge in [-0.25, -0.2) is 0 Å². The number of fused-ring (bicyclic) bond motifs is 1. The number of likely N-dealkylation sites (tertiary alicyclic amines) is 1. The molecule has 1 atom stereocenters. The maximum atomic E-state index is 11.6. The molecule has 1 heterocycles. The highest BCUT2D eigenvalue weighted by molar-refractivity contribution is 5.78. The summed E-state index contributed by atoms with van der Waals surface area (Å²) in [7, 11) is 0.